The molecule has 1 aromatic rings. The molecule has 4 nitrogen and oxygen atoms in total. The number of nitrogens with zero attached hydrogens (tertiary/aromatic N) is 2. The highest BCUT2D eigenvalue weighted by molar-refractivity contribution is 7.85. The minimum atomic E-state index is -0.675. The van der Waals surface area contributed by atoms with Crippen LogP contribution in [0.25, 0.3) is 0 Å². The summed E-state index contributed by atoms with van der Waals surface area (Å²) in [6.07, 6.45) is 0. The highest BCUT2D eigenvalue weighted by Crippen LogP contribution is 2.21. The van der Waals surface area contributed by atoms with E-state index >= 15 is 0 Å². The molecule has 1 fully saturated rings. The number of hydrogen-bond donors (Lipinski definition) is 1. The predicted molar refractivity (Wildman–Crippen MR) is 74.3 cm³/mol. The van der Waals surface area contributed by atoms with Crippen LogP contribution in [-0.4, -0.2) is 38.9 Å². The molecule has 0 radical (unpaired) electrons. The Labute approximate surface area is 110 Å². The van der Waals surface area contributed by atoms with Gasteiger partial charge in [0.05, 0.1) is 6.61 Å². The first-order valence-corrected chi connectivity index (χ1v) is 7.80. The summed E-state index contributed by atoms with van der Waals surface area (Å²) in [7, 11) is -0.675. The average Bonchev–Trinajstić information content (AvgIpc) is 2.39. The van der Waals surface area contributed by atoms with Crippen molar-refractivity contribution >= 4 is 16.6 Å². The third-order valence-electron chi connectivity index (χ3n) is 3.17. The van der Waals surface area contributed by atoms with Crippen molar-refractivity contribution in [2.24, 2.45) is 0 Å². The van der Waals surface area contributed by atoms with E-state index in [-0.39, 0.29) is 6.61 Å². The van der Waals surface area contributed by atoms with Crippen molar-refractivity contribution in [1.29, 1.82) is 0 Å². The van der Waals surface area contributed by atoms with E-state index in [1.807, 2.05) is 12.1 Å². The third kappa shape index (κ3) is 3.09. The Hall–Kier alpha value is -0.940. The summed E-state index contributed by atoms with van der Waals surface area (Å²) in [5, 5.41) is 9.31. The fourth-order valence-electron chi connectivity index (χ4n) is 2.01. The number of aromatic nitrogens is 1. The Balaban J connectivity index is 2.26. The molecule has 100 valence electrons. The normalized spacial score (nSPS) is 17.4. The van der Waals surface area contributed by atoms with E-state index < -0.39 is 10.8 Å². The lowest BCUT2D eigenvalue weighted by Gasteiger charge is -2.28. The van der Waals surface area contributed by atoms with Gasteiger partial charge in [0, 0.05) is 41.1 Å². The van der Waals surface area contributed by atoms with E-state index in [2.05, 4.69) is 23.7 Å². The largest absolute Gasteiger partial charge is 0.392 e. The van der Waals surface area contributed by atoms with Crippen LogP contribution in [0, 0.1) is 0 Å². The van der Waals surface area contributed by atoms with Crippen molar-refractivity contribution in [2.45, 2.75) is 26.4 Å². The van der Waals surface area contributed by atoms with Crippen molar-refractivity contribution in [3.05, 3.63) is 23.4 Å². The first kappa shape index (κ1) is 13.5. The SMILES string of the molecule is CC(C)c1cc(CO)cc(N2CCS(=O)CC2)n1. The second kappa shape index (κ2) is 5.80. The highest BCUT2D eigenvalue weighted by atomic mass is 32.2. The molecule has 1 aliphatic rings. The number of anilines is 1. The minimum Gasteiger partial charge on any atom is -0.392 e. The maximum atomic E-state index is 11.4. The highest BCUT2D eigenvalue weighted by Gasteiger charge is 2.18. The quantitative estimate of drug-likeness (QED) is 0.897. The zero-order chi connectivity index (χ0) is 13.1. The third-order valence-corrected chi connectivity index (χ3v) is 4.44. The van der Waals surface area contributed by atoms with Crippen molar-refractivity contribution in [3.63, 3.8) is 0 Å². The maximum Gasteiger partial charge on any atom is 0.129 e. The van der Waals surface area contributed by atoms with Gasteiger partial charge in [-0.1, -0.05) is 13.8 Å². The average molecular weight is 268 g/mol. The van der Waals surface area contributed by atoms with Gasteiger partial charge in [-0.3, -0.25) is 4.21 Å². The summed E-state index contributed by atoms with van der Waals surface area (Å²) in [6.45, 7) is 5.80. The van der Waals surface area contributed by atoms with Gasteiger partial charge in [-0.25, -0.2) is 4.98 Å². The molecular formula is C13H20N2O2S. The molecule has 0 spiro atoms. The van der Waals surface area contributed by atoms with Crippen LogP contribution in [-0.2, 0) is 17.4 Å². The zero-order valence-corrected chi connectivity index (χ0v) is 11.7. The van der Waals surface area contributed by atoms with E-state index in [4.69, 9.17) is 0 Å². The molecule has 5 heteroatoms. The Morgan fingerprint density at radius 1 is 1.39 bits per heavy atom. The smallest absolute Gasteiger partial charge is 0.129 e. The van der Waals surface area contributed by atoms with Gasteiger partial charge in [0.2, 0.25) is 0 Å². The van der Waals surface area contributed by atoms with E-state index in [0.29, 0.717) is 17.4 Å². The lowest BCUT2D eigenvalue weighted by atomic mass is 10.1. The summed E-state index contributed by atoms with van der Waals surface area (Å²) < 4.78 is 11.4. The molecule has 0 saturated carbocycles. The Morgan fingerprint density at radius 2 is 2.06 bits per heavy atom. The zero-order valence-electron chi connectivity index (χ0n) is 10.9. The standard InChI is InChI=1S/C13H20N2O2S/c1-10(2)12-7-11(9-16)8-13(14-12)15-3-5-18(17)6-4-15/h7-8,10,16H,3-6,9H2,1-2H3. The number of aliphatic hydroxyl groups excluding tert-OH is 1. The molecule has 0 atom stereocenters. The van der Waals surface area contributed by atoms with Crippen LogP contribution in [0.1, 0.15) is 31.0 Å². The second-order valence-corrected chi connectivity index (χ2v) is 6.60. The number of pyridine rings is 1. The first-order chi connectivity index (χ1) is 8.60. The fraction of sp³-hybridized carbons (Fsp3) is 0.615. The molecule has 0 aromatic carbocycles. The van der Waals surface area contributed by atoms with Crippen LogP contribution >= 0.6 is 0 Å². The molecule has 2 rings (SSSR count). The topological polar surface area (TPSA) is 53.4 Å². The van der Waals surface area contributed by atoms with Crippen LogP contribution < -0.4 is 4.90 Å². The van der Waals surface area contributed by atoms with Crippen molar-refractivity contribution in [1.82, 2.24) is 4.98 Å². The van der Waals surface area contributed by atoms with Crippen LogP contribution in [0.5, 0.6) is 0 Å². The molecule has 0 bridgehead atoms. The van der Waals surface area contributed by atoms with E-state index in [1.165, 1.54) is 0 Å². The van der Waals surface area contributed by atoms with Gasteiger partial charge < -0.3 is 10.0 Å². The van der Waals surface area contributed by atoms with Gasteiger partial charge in [-0.15, -0.1) is 0 Å². The maximum absolute atomic E-state index is 11.4. The van der Waals surface area contributed by atoms with Gasteiger partial charge in [-0.05, 0) is 23.6 Å². The minimum absolute atomic E-state index is 0.0367. The molecule has 1 saturated heterocycles. The van der Waals surface area contributed by atoms with Crippen LogP contribution in [0.15, 0.2) is 12.1 Å². The lowest BCUT2D eigenvalue weighted by molar-refractivity contribution is 0.281. The molecule has 1 aromatic heterocycles. The van der Waals surface area contributed by atoms with E-state index in [9.17, 15) is 9.32 Å². The van der Waals surface area contributed by atoms with Gasteiger partial charge >= 0.3 is 0 Å². The van der Waals surface area contributed by atoms with Crippen molar-refractivity contribution in [2.75, 3.05) is 29.5 Å². The molecule has 0 aliphatic carbocycles. The number of rotatable bonds is 3. The summed E-state index contributed by atoms with van der Waals surface area (Å²) in [6, 6.07) is 3.89. The summed E-state index contributed by atoms with van der Waals surface area (Å²) in [5.74, 6) is 2.67. The van der Waals surface area contributed by atoms with E-state index in [0.717, 1.165) is 30.2 Å². The second-order valence-electron chi connectivity index (χ2n) is 4.91. The Kier molecular flexibility index (Phi) is 4.35. The van der Waals surface area contributed by atoms with Gasteiger partial charge in [-0.2, -0.15) is 0 Å². The molecule has 1 N–H and O–H groups in total. The van der Waals surface area contributed by atoms with Crippen LogP contribution in [0.2, 0.25) is 0 Å². The summed E-state index contributed by atoms with van der Waals surface area (Å²) in [5.41, 5.74) is 1.90. The van der Waals surface area contributed by atoms with Gasteiger partial charge in [0.25, 0.3) is 0 Å². The van der Waals surface area contributed by atoms with Crippen molar-refractivity contribution in [3.8, 4) is 0 Å². The van der Waals surface area contributed by atoms with Crippen molar-refractivity contribution < 1.29 is 9.32 Å². The number of aliphatic hydroxyl groups is 1. The first-order valence-electron chi connectivity index (χ1n) is 6.32. The van der Waals surface area contributed by atoms with E-state index in [1.54, 1.807) is 0 Å². The number of hydrogen-bond acceptors (Lipinski definition) is 4. The Morgan fingerprint density at radius 3 is 2.61 bits per heavy atom. The fourth-order valence-corrected chi connectivity index (χ4v) is 3.06. The summed E-state index contributed by atoms with van der Waals surface area (Å²) >= 11 is 0. The molecular weight excluding hydrogens is 248 g/mol. The van der Waals surface area contributed by atoms with Gasteiger partial charge in [0.15, 0.2) is 0 Å². The Bertz CT molecular complexity index is 439. The van der Waals surface area contributed by atoms with Crippen LogP contribution in [0.4, 0.5) is 5.82 Å². The lowest BCUT2D eigenvalue weighted by Crippen LogP contribution is -2.38. The monoisotopic (exact) mass is 268 g/mol. The molecule has 1 aliphatic heterocycles. The molecule has 18 heavy (non-hydrogen) atoms. The van der Waals surface area contributed by atoms with Crippen LogP contribution in [0.3, 0.4) is 0 Å². The summed E-state index contributed by atoms with van der Waals surface area (Å²) in [4.78, 5) is 6.80. The van der Waals surface area contributed by atoms with Gasteiger partial charge in [0.1, 0.15) is 5.82 Å². The predicted octanol–water partition coefficient (Wildman–Crippen LogP) is 1.27. The molecule has 2 heterocycles. The molecule has 0 amide bonds. The molecule has 0 unspecified atom stereocenters.